The summed E-state index contributed by atoms with van der Waals surface area (Å²) in [5, 5.41) is 4.96. The van der Waals surface area contributed by atoms with Gasteiger partial charge in [0.1, 0.15) is 16.7 Å². The van der Waals surface area contributed by atoms with E-state index in [2.05, 4.69) is 20.3 Å². The highest BCUT2D eigenvalue weighted by Crippen LogP contribution is 2.47. The number of ether oxygens (including phenoxy) is 1. The Morgan fingerprint density at radius 2 is 1.87 bits per heavy atom. The quantitative estimate of drug-likeness (QED) is 0.308. The Labute approximate surface area is 304 Å². The van der Waals surface area contributed by atoms with Crippen molar-refractivity contribution in [1.82, 2.24) is 19.9 Å². The molecule has 282 valence electrons. The third-order valence-corrected chi connectivity index (χ3v) is 13.3. The van der Waals surface area contributed by atoms with Crippen LogP contribution in [0.5, 0.6) is 0 Å². The second kappa shape index (κ2) is 14.4. The summed E-state index contributed by atoms with van der Waals surface area (Å²) in [5.41, 5.74) is -2.42. The van der Waals surface area contributed by atoms with E-state index in [4.69, 9.17) is 4.74 Å². The molecule has 2 heterocycles. The molecule has 2 aromatic rings. The summed E-state index contributed by atoms with van der Waals surface area (Å²) in [5.74, 6) is -4.17. The van der Waals surface area contributed by atoms with E-state index >= 15 is 0 Å². The molecule has 3 aliphatic carbocycles. The van der Waals surface area contributed by atoms with E-state index in [-0.39, 0.29) is 42.3 Å². The van der Waals surface area contributed by atoms with Gasteiger partial charge in [0.2, 0.25) is 21.8 Å². The van der Waals surface area contributed by atoms with Crippen LogP contribution in [-0.4, -0.2) is 72.6 Å². The number of alkyl halides is 3. The van der Waals surface area contributed by atoms with Gasteiger partial charge in [0, 0.05) is 36.1 Å². The van der Waals surface area contributed by atoms with Crippen LogP contribution in [0.3, 0.4) is 0 Å². The Morgan fingerprint density at radius 3 is 2.54 bits per heavy atom. The molecule has 5 atom stereocenters. The molecule has 17 heteroatoms. The Bertz CT molecular complexity index is 1880. The third-order valence-electron chi connectivity index (χ3n) is 10.2. The lowest BCUT2D eigenvalue weighted by Crippen LogP contribution is -2.54. The molecule has 6 rings (SSSR count). The summed E-state index contributed by atoms with van der Waals surface area (Å²) in [7, 11) is -2.29. The van der Waals surface area contributed by atoms with Crippen molar-refractivity contribution in [2.24, 2.45) is 17.8 Å². The summed E-state index contributed by atoms with van der Waals surface area (Å²) < 4.78 is 74.3. The number of nitrogens with zero attached hydrogens (tertiary/aromatic N) is 2. The molecular weight excluding hydrogens is 724 g/mol. The first-order valence-corrected chi connectivity index (χ1v) is 19.8. The molecule has 3 N–H and O–H groups in total. The number of rotatable bonds is 7. The maximum absolute atomic E-state index is 14.0. The fraction of sp³-hybridized carbons (Fsp3) is 0.571. The highest BCUT2D eigenvalue weighted by Gasteiger charge is 2.62. The minimum absolute atomic E-state index is 0.0487. The second-order valence-electron chi connectivity index (χ2n) is 14.4. The zero-order valence-electron chi connectivity index (χ0n) is 29.0. The number of allylic oxidation sites excluding steroid dienone is 1. The van der Waals surface area contributed by atoms with Gasteiger partial charge in [0.25, 0.3) is 5.91 Å². The lowest BCUT2D eigenvalue weighted by Gasteiger charge is -2.26. The van der Waals surface area contributed by atoms with Crippen LogP contribution < -0.4 is 15.4 Å². The topological polar surface area (TPSA) is 164 Å². The van der Waals surface area contributed by atoms with E-state index in [0.717, 1.165) is 23.4 Å². The number of hydrogen-bond donors (Lipinski definition) is 3. The lowest BCUT2D eigenvalue weighted by atomic mass is 9.93. The normalized spacial score (nSPS) is 27.6. The first-order valence-electron chi connectivity index (χ1n) is 17.4. The fourth-order valence-corrected chi connectivity index (χ4v) is 9.19. The molecule has 0 saturated heterocycles. The smallest absolute Gasteiger partial charge is 0.416 e. The summed E-state index contributed by atoms with van der Waals surface area (Å²) in [6, 6.07) is 2.95. The molecule has 1 aromatic carbocycles. The number of thiazole rings is 1. The predicted molar refractivity (Wildman–Crippen MR) is 186 cm³/mol. The summed E-state index contributed by atoms with van der Waals surface area (Å²) >= 11 is 1.28. The third kappa shape index (κ3) is 8.14. The van der Waals surface area contributed by atoms with Crippen LogP contribution in [0.4, 0.5) is 23.7 Å². The Balaban J connectivity index is 1.22. The van der Waals surface area contributed by atoms with E-state index in [1.54, 1.807) is 13.2 Å². The number of sulfonamides is 1. The second-order valence-corrected chi connectivity index (χ2v) is 17.5. The van der Waals surface area contributed by atoms with Gasteiger partial charge in [0.15, 0.2) is 0 Å². The van der Waals surface area contributed by atoms with Crippen molar-refractivity contribution in [3.8, 4) is 10.6 Å². The fourth-order valence-electron chi connectivity index (χ4n) is 6.87. The van der Waals surface area contributed by atoms with Gasteiger partial charge >= 0.3 is 12.3 Å². The number of fused-ring (bicyclic) bond motifs is 2. The van der Waals surface area contributed by atoms with Crippen LogP contribution >= 0.6 is 11.3 Å². The molecule has 5 unspecified atom stereocenters. The highest BCUT2D eigenvalue weighted by atomic mass is 32.2. The SMILES string of the molecule is CC(C)c1cnc(-c2ccc(C(F)(F)F)cc2NC(=O)OC2CC3C(=O)NC4(C(=O)NS(=O)(=O)C5CC5)CC4/C=C\CCCCN(C)C(=O)C3C2)s1. The first kappa shape index (κ1) is 37.8. The molecule has 4 amide bonds. The van der Waals surface area contributed by atoms with Gasteiger partial charge in [-0.2, -0.15) is 13.2 Å². The highest BCUT2D eigenvalue weighted by molar-refractivity contribution is 7.91. The lowest BCUT2D eigenvalue weighted by molar-refractivity contribution is -0.140. The molecular formula is C35H42F3N5O7S2. The maximum Gasteiger partial charge on any atom is 0.416 e. The monoisotopic (exact) mass is 765 g/mol. The van der Waals surface area contributed by atoms with Crippen molar-refractivity contribution in [2.75, 3.05) is 18.9 Å². The number of nitrogens with one attached hydrogen (secondary N) is 3. The Kier molecular flexibility index (Phi) is 10.5. The zero-order chi connectivity index (χ0) is 37.6. The minimum Gasteiger partial charge on any atom is -0.446 e. The van der Waals surface area contributed by atoms with Gasteiger partial charge in [-0.05, 0) is 75.5 Å². The molecule has 12 nitrogen and oxygen atoms in total. The number of benzene rings is 1. The first-order chi connectivity index (χ1) is 24.5. The van der Waals surface area contributed by atoms with Gasteiger partial charge in [-0.3, -0.25) is 24.4 Å². The van der Waals surface area contributed by atoms with Gasteiger partial charge in [-0.25, -0.2) is 18.2 Å². The molecule has 0 radical (unpaired) electrons. The van der Waals surface area contributed by atoms with Gasteiger partial charge < -0.3 is 15.0 Å². The Hall–Kier alpha value is -3.99. The largest absolute Gasteiger partial charge is 0.446 e. The number of anilines is 1. The number of carbonyl (C=O) groups is 4. The molecule has 0 bridgehead atoms. The molecule has 3 saturated carbocycles. The van der Waals surface area contributed by atoms with Crippen LogP contribution in [0.15, 0.2) is 36.5 Å². The van der Waals surface area contributed by atoms with E-state index in [9.17, 15) is 40.8 Å². The molecule has 52 heavy (non-hydrogen) atoms. The molecule has 1 aliphatic heterocycles. The van der Waals surface area contributed by atoms with E-state index in [1.165, 1.54) is 22.3 Å². The van der Waals surface area contributed by atoms with Crippen LogP contribution in [0.2, 0.25) is 0 Å². The van der Waals surface area contributed by atoms with Gasteiger partial charge in [-0.1, -0.05) is 26.0 Å². The van der Waals surface area contributed by atoms with Gasteiger partial charge in [0.05, 0.1) is 28.3 Å². The van der Waals surface area contributed by atoms with Crippen molar-refractivity contribution in [3.05, 3.63) is 47.0 Å². The molecule has 3 fully saturated rings. The van der Waals surface area contributed by atoms with Crippen LogP contribution in [-0.2, 0) is 35.3 Å². The van der Waals surface area contributed by atoms with Crippen molar-refractivity contribution in [2.45, 2.75) is 94.2 Å². The van der Waals surface area contributed by atoms with Crippen molar-refractivity contribution < 1.29 is 45.5 Å². The average Bonchev–Trinajstić information content (AvgIpc) is 3.94. The van der Waals surface area contributed by atoms with Crippen LogP contribution in [0.1, 0.15) is 81.6 Å². The van der Waals surface area contributed by atoms with E-state index in [1.807, 2.05) is 26.0 Å². The van der Waals surface area contributed by atoms with E-state index in [0.29, 0.717) is 37.2 Å². The summed E-state index contributed by atoms with van der Waals surface area (Å²) in [6.07, 6.45) is 1.57. The van der Waals surface area contributed by atoms with Crippen molar-refractivity contribution in [3.63, 3.8) is 0 Å². The molecule has 1 aromatic heterocycles. The average molecular weight is 766 g/mol. The van der Waals surface area contributed by atoms with Crippen molar-refractivity contribution in [1.29, 1.82) is 0 Å². The zero-order valence-corrected chi connectivity index (χ0v) is 30.6. The molecule has 4 aliphatic rings. The predicted octanol–water partition coefficient (Wildman–Crippen LogP) is 5.58. The summed E-state index contributed by atoms with van der Waals surface area (Å²) in [6.45, 7) is 4.33. The Morgan fingerprint density at radius 1 is 1.13 bits per heavy atom. The van der Waals surface area contributed by atoms with Crippen molar-refractivity contribution >= 4 is 50.9 Å². The summed E-state index contributed by atoms with van der Waals surface area (Å²) in [4.78, 5) is 61.3. The number of halogens is 3. The number of aromatic nitrogens is 1. The van der Waals surface area contributed by atoms with Gasteiger partial charge in [-0.15, -0.1) is 11.3 Å². The number of hydrogen-bond acceptors (Lipinski definition) is 9. The van der Waals surface area contributed by atoms with Crippen LogP contribution in [0, 0.1) is 17.8 Å². The number of carbonyl (C=O) groups excluding carboxylic acids is 4. The van der Waals surface area contributed by atoms with E-state index < -0.39 is 74.3 Å². The maximum atomic E-state index is 14.0. The standard InChI is InChI=1S/C35H42F3N5O7S2/c1-19(2)28-18-39-30(51-28)24-12-9-20(35(36,37)38)14-27(24)40-33(47)50-22-15-25-26(16-22)31(45)43(3)13-7-5-4-6-8-21-17-34(21,41-29(25)44)32(46)42-52(48,49)23-10-11-23/h6,8-9,12,14,18-19,21-23,25-26H,4-5,7,10-11,13,15-17H2,1-3H3,(H,40,47)(H,41,44)(H,42,46)/b8-6-. The van der Waals surface area contributed by atoms with Crippen LogP contribution in [0.25, 0.3) is 10.6 Å². The molecule has 0 spiro atoms. The minimum atomic E-state index is -4.69. The number of amides is 4.